The topological polar surface area (TPSA) is 85.9 Å². The Labute approximate surface area is 231 Å². The second-order valence-corrected chi connectivity index (χ2v) is 15.0. The van der Waals surface area contributed by atoms with E-state index in [2.05, 4.69) is 24.5 Å². The van der Waals surface area contributed by atoms with Gasteiger partial charge in [-0.3, -0.25) is 4.18 Å². The van der Waals surface area contributed by atoms with Crippen LogP contribution in [0.2, 0.25) is 0 Å². The molecule has 0 aromatic heterocycles. The molecule has 0 aromatic carbocycles. The first kappa shape index (κ1) is 33.3. The molecule has 0 spiro atoms. The Bertz CT molecular complexity index is 615. The van der Waals surface area contributed by atoms with Crippen molar-refractivity contribution in [2.24, 2.45) is 0 Å². The normalized spacial score (nSPS) is 19.7. The van der Waals surface area contributed by atoms with Crippen LogP contribution in [-0.4, -0.2) is 71.4 Å². The molecule has 0 aromatic rings. The van der Waals surface area contributed by atoms with Gasteiger partial charge in [0.2, 0.25) is 0 Å². The van der Waals surface area contributed by atoms with Crippen molar-refractivity contribution in [3.05, 3.63) is 0 Å². The molecule has 37 heavy (non-hydrogen) atoms. The van der Waals surface area contributed by atoms with E-state index in [0.29, 0.717) is 18.8 Å². The van der Waals surface area contributed by atoms with E-state index in [1.807, 2.05) is 0 Å². The first-order chi connectivity index (χ1) is 17.8. The van der Waals surface area contributed by atoms with Crippen LogP contribution in [0.4, 0.5) is 0 Å². The van der Waals surface area contributed by atoms with Gasteiger partial charge < -0.3 is 20.1 Å². The minimum Gasteiger partial charge on any atom is -0.375 e. The molecule has 9 heteroatoms. The molecule has 0 saturated heterocycles. The van der Waals surface area contributed by atoms with Crippen LogP contribution >= 0.6 is 10.8 Å². The molecule has 0 heterocycles. The van der Waals surface area contributed by atoms with Crippen LogP contribution in [0.5, 0.6) is 0 Å². The maximum absolute atomic E-state index is 12.0. The second-order valence-electron chi connectivity index (χ2n) is 11.4. The van der Waals surface area contributed by atoms with E-state index in [1.165, 1.54) is 64.2 Å². The summed E-state index contributed by atoms with van der Waals surface area (Å²) in [4.78, 5) is 0. The molecule has 0 aliphatic heterocycles. The summed E-state index contributed by atoms with van der Waals surface area (Å²) in [6.07, 6.45) is 19.3. The van der Waals surface area contributed by atoms with Gasteiger partial charge in [0, 0.05) is 32.1 Å². The van der Waals surface area contributed by atoms with Crippen molar-refractivity contribution in [3.63, 3.8) is 0 Å². The molecule has 2 N–H and O–H groups in total. The van der Waals surface area contributed by atoms with Crippen molar-refractivity contribution in [2.45, 2.75) is 128 Å². The number of rotatable bonds is 22. The fourth-order valence-electron chi connectivity index (χ4n) is 5.30. The SMILES string of the molecule is CC1(OCCCCCNCCOS(=O)(=O)SCCNCCCCCOC2(C)CCCCC2)CCCCC1. The van der Waals surface area contributed by atoms with Crippen LogP contribution in [0.3, 0.4) is 0 Å². The highest BCUT2D eigenvalue weighted by molar-refractivity contribution is 8.70. The lowest BCUT2D eigenvalue weighted by Gasteiger charge is -2.33. The molecule has 2 aliphatic carbocycles. The molecular formula is C28H56N2O5S2. The predicted molar refractivity (Wildman–Crippen MR) is 156 cm³/mol. The molecule has 0 amide bonds. The molecule has 0 radical (unpaired) electrons. The minimum absolute atomic E-state index is 0.107. The van der Waals surface area contributed by atoms with Gasteiger partial charge in [-0.15, -0.1) is 0 Å². The number of hydrogen-bond donors (Lipinski definition) is 2. The second kappa shape index (κ2) is 19.2. The Kier molecular flexibility index (Phi) is 17.3. The maximum Gasteiger partial charge on any atom is 0.322 e. The Morgan fingerprint density at radius 3 is 1.62 bits per heavy atom. The highest BCUT2D eigenvalue weighted by atomic mass is 33.1. The lowest BCUT2D eigenvalue weighted by molar-refractivity contribution is -0.0576. The first-order valence-electron chi connectivity index (χ1n) is 15.1. The van der Waals surface area contributed by atoms with Gasteiger partial charge in [-0.2, -0.15) is 8.42 Å². The molecular weight excluding hydrogens is 508 g/mol. The first-order valence-corrected chi connectivity index (χ1v) is 18.0. The van der Waals surface area contributed by atoms with E-state index in [-0.39, 0.29) is 17.8 Å². The Morgan fingerprint density at radius 2 is 1.11 bits per heavy atom. The Balaban J connectivity index is 1.31. The van der Waals surface area contributed by atoms with Gasteiger partial charge in [-0.05, 0) is 102 Å². The highest BCUT2D eigenvalue weighted by Crippen LogP contribution is 2.32. The lowest BCUT2D eigenvalue weighted by atomic mass is 9.86. The van der Waals surface area contributed by atoms with Crippen LogP contribution in [0, 0.1) is 0 Å². The highest BCUT2D eigenvalue weighted by Gasteiger charge is 2.27. The lowest BCUT2D eigenvalue weighted by Crippen LogP contribution is -2.31. The van der Waals surface area contributed by atoms with Gasteiger partial charge in [0.1, 0.15) is 0 Å². The van der Waals surface area contributed by atoms with Crippen molar-refractivity contribution in [1.82, 2.24) is 10.6 Å². The number of nitrogens with one attached hydrogen (secondary N) is 2. The van der Waals surface area contributed by atoms with Gasteiger partial charge in [-0.1, -0.05) is 38.5 Å². The van der Waals surface area contributed by atoms with Crippen LogP contribution < -0.4 is 10.6 Å². The quantitative estimate of drug-likeness (QED) is 0.123. The molecule has 2 saturated carbocycles. The van der Waals surface area contributed by atoms with Crippen molar-refractivity contribution in [1.29, 1.82) is 0 Å². The van der Waals surface area contributed by atoms with E-state index >= 15 is 0 Å². The zero-order chi connectivity index (χ0) is 26.7. The van der Waals surface area contributed by atoms with Gasteiger partial charge >= 0.3 is 9.15 Å². The number of unbranched alkanes of at least 4 members (excludes halogenated alkanes) is 4. The van der Waals surface area contributed by atoms with Gasteiger partial charge in [-0.25, -0.2) is 0 Å². The molecule has 2 rings (SSSR count). The molecule has 0 bridgehead atoms. The van der Waals surface area contributed by atoms with Crippen LogP contribution in [0.15, 0.2) is 0 Å². The molecule has 2 fully saturated rings. The number of ether oxygens (including phenoxy) is 2. The summed E-state index contributed by atoms with van der Waals surface area (Å²) in [5, 5.41) is 6.60. The van der Waals surface area contributed by atoms with Gasteiger partial charge in [0.05, 0.1) is 17.8 Å². The van der Waals surface area contributed by atoms with Crippen LogP contribution in [0.25, 0.3) is 0 Å². The van der Waals surface area contributed by atoms with E-state index in [9.17, 15) is 8.42 Å². The standard InChI is InChI=1S/C28H56N2O5S2/c1-27(15-7-3-8-16-27)33-23-13-5-11-19-29-21-25-35-37(31,32)36-26-22-30-20-12-6-14-24-34-28(2)17-9-4-10-18-28/h29-30H,3-26H2,1-2H3. The summed E-state index contributed by atoms with van der Waals surface area (Å²) in [5.74, 6) is 0.498. The smallest absolute Gasteiger partial charge is 0.322 e. The molecule has 7 nitrogen and oxygen atoms in total. The Morgan fingerprint density at radius 1 is 0.622 bits per heavy atom. The van der Waals surface area contributed by atoms with E-state index in [1.54, 1.807) is 0 Å². The summed E-state index contributed by atoms with van der Waals surface area (Å²) in [5.41, 5.74) is 0.217. The summed E-state index contributed by atoms with van der Waals surface area (Å²) < 4.78 is 41.4. The summed E-state index contributed by atoms with van der Waals surface area (Å²) in [6.45, 7) is 9.41. The summed E-state index contributed by atoms with van der Waals surface area (Å²) in [7, 11) is -2.64. The largest absolute Gasteiger partial charge is 0.375 e. The summed E-state index contributed by atoms with van der Waals surface area (Å²) in [6, 6.07) is 0. The average molecular weight is 565 g/mol. The van der Waals surface area contributed by atoms with E-state index in [4.69, 9.17) is 13.7 Å². The van der Waals surface area contributed by atoms with Crippen molar-refractivity contribution < 1.29 is 22.1 Å². The fraction of sp³-hybridized carbons (Fsp3) is 1.00. The van der Waals surface area contributed by atoms with Gasteiger partial charge in [0.25, 0.3) is 0 Å². The van der Waals surface area contributed by atoms with E-state index in [0.717, 1.165) is 75.6 Å². The molecule has 220 valence electrons. The Hall–Kier alpha value is 0.1000. The van der Waals surface area contributed by atoms with Crippen LogP contribution in [-0.2, 0) is 22.8 Å². The molecule has 0 unspecified atom stereocenters. The third-order valence-electron chi connectivity index (χ3n) is 7.73. The zero-order valence-electron chi connectivity index (χ0n) is 23.8. The van der Waals surface area contributed by atoms with Gasteiger partial charge in [0.15, 0.2) is 0 Å². The monoisotopic (exact) mass is 564 g/mol. The summed E-state index contributed by atoms with van der Waals surface area (Å²) >= 11 is 0. The molecule has 0 atom stereocenters. The number of hydrogen-bond acceptors (Lipinski definition) is 8. The predicted octanol–water partition coefficient (Wildman–Crippen LogP) is 5.98. The zero-order valence-corrected chi connectivity index (χ0v) is 25.5. The third-order valence-corrected chi connectivity index (χ3v) is 10.5. The van der Waals surface area contributed by atoms with Crippen molar-refractivity contribution in [2.75, 3.05) is 51.8 Å². The minimum atomic E-state index is -3.52. The molecule has 2 aliphatic rings. The third kappa shape index (κ3) is 16.7. The van der Waals surface area contributed by atoms with E-state index < -0.39 is 9.15 Å². The van der Waals surface area contributed by atoms with Crippen LogP contribution in [0.1, 0.15) is 117 Å². The fourth-order valence-corrected chi connectivity index (χ4v) is 7.36. The average Bonchev–Trinajstić information content (AvgIpc) is 2.87. The maximum atomic E-state index is 12.0. The van der Waals surface area contributed by atoms with Crippen molar-refractivity contribution >= 4 is 19.9 Å². The van der Waals surface area contributed by atoms with Crippen molar-refractivity contribution in [3.8, 4) is 0 Å².